The van der Waals surface area contributed by atoms with Crippen LogP contribution < -0.4 is 16.2 Å². The van der Waals surface area contributed by atoms with Crippen LogP contribution in [-0.4, -0.2) is 19.9 Å². The number of anilines is 3. The van der Waals surface area contributed by atoms with E-state index in [1.165, 1.54) is 6.33 Å². The molecular weight excluding hydrogens is 322 g/mol. The number of nitrogens with two attached hydrogens (primary N) is 1. The molecule has 126 valence electrons. The highest BCUT2D eigenvalue weighted by Gasteiger charge is 2.28. The summed E-state index contributed by atoms with van der Waals surface area (Å²) in [7, 11) is 0. The molecule has 0 unspecified atom stereocenters. The standard InChI is InChI=1S/C16H15N7O2/c17-21-15-14(23(24)25)16(20-11-19-15)22(13-8-4-5-9-18-13)10-12-6-2-1-3-7-12/h1-9,11H,10,17H2,(H,19,20,21). The number of pyridine rings is 1. The number of hydrogen-bond donors (Lipinski definition) is 2. The van der Waals surface area contributed by atoms with Gasteiger partial charge in [0.2, 0.25) is 11.6 Å². The first-order chi connectivity index (χ1) is 12.2. The van der Waals surface area contributed by atoms with Gasteiger partial charge in [0.1, 0.15) is 12.1 Å². The second-order valence-corrected chi connectivity index (χ2v) is 5.06. The summed E-state index contributed by atoms with van der Waals surface area (Å²) in [4.78, 5) is 24.9. The molecule has 0 radical (unpaired) electrons. The van der Waals surface area contributed by atoms with Crippen molar-refractivity contribution in [2.75, 3.05) is 10.3 Å². The number of benzene rings is 1. The molecule has 3 aromatic rings. The highest BCUT2D eigenvalue weighted by atomic mass is 16.6. The average molecular weight is 337 g/mol. The molecule has 0 spiro atoms. The Balaban J connectivity index is 2.14. The first-order valence-corrected chi connectivity index (χ1v) is 7.39. The monoisotopic (exact) mass is 337 g/mol. The van der Waals surface area contributed by atoms with Crippen LogP contribution in [0.5, 0.6) is 0 Å². The molecule has 0 amide bonds. The van der Waals surface area contributed by atoms with E-state index < -0.39 is 4.92 Å². The third-order valence-electron chi connectivity index (χ3n) is 3.49. The Kier molecular flexibility index (Phi) is 4.77. The van der Waals surface area contributed by atoms with Gasteiger partial charge in [-0.1, -0.05) is 36.4 Å². The van der Waals surface area contributed by atoms with Crippen LogP contribution in [0.15, 0.2) is 61.1 Å². The van der Waals surface area contributed by atoms with Gasteiger partial charge >= 0.3 is 5.69 Å². The third kappa shape index (κ3) is 3.51. The number of rotatable bonds is 6. The average Bonchev–Trinajstić information content (AvgIpc) is 2.67. The van der Waals surface area contributed by atoms with E-state index in [1.54, 1.807) is 29.3 Å². The van der Waals surface area contributed by atoms with Gasteiger partial charge in [0, 0.05) is 6.20 Å². The number of nitrogen functional groups attached to an aromatic ring is 1. The van der Waals surface area contributed by atoms with E-state index in [4.69, 9.17) is 5.84 Å². The predicted octanol–water partition coefficient (Wildman–Crippen LogP) is 2.40. The van der Waals surface area contributed by atoms with E-state index in [0.717, 1.165) is 5.56 Å². The first-order valence-electron chi connectivity index (χ1n) is 7.39. The van der Waals surface area contributed by atoms with Crippen LogP contribution in [0.3, 0.4) is 0 Å². The molecule has 0 saturated carbocycles. The second-order valence-electron chi connectivity index (χ2n) is 5.06. The Labute approximate surface area is 143 Å². The van der Waals surface area contributed by atoms with Crippen molar-refractivity contribution < 1.29 is 4.92 Å². The molecule has 0 atom stereocenters. The normalized spacial score (nSPS) is 10.3. The highest BCUT2D eigenvalue weighted by Crippen LogP contribution is 2.35. The largest absolute Gasteiger partial charge is 0.355 e. The summed E-state index contributed by atoms with van der Waals surface area (Å²) in [5.74, 6) is 5.94. The lowest BCUT2D eigenvalue weighted by atomic mass is 10.2. The van der Waals surface area contributed by atoms with Gasteiger partial charge in [-0.3, -0.25) is 10.1 Å². The van der Waals surface area contributed by atoms with Crippen molar-refractivity contribution in [2.24, 2.45) is 5.84 Å². The summed E-state index contributed by atoms with van der Waals surface area (Å²) < 4.78 is 0. The summed E-state index contributed by atoms with van der Waals surface area (Å²) in [6, 6.07) is 14.9. The molecule has 9 heteroatoms. The molecule has 25 heavy (non-hydrogen) atoms. The van der Waals surface area contributed by atoms with E-state index in [-0.39, 0.29) is 17.3 Å². The Bertz CT molecular complexity index is 859. The Morgan fingerprint density at radius 3 is 2.48 bits per heavy atom. The minimum atomic E-state index is -0.564. The van der Waals surface area contributed by atoms with Crippen LogP contribution in [0.25, 0.3) is 0 Å². The molecular formula is C16H15N7O2. The fourth-order valence-corrected chi connectivity index (χ4v) is 2.38. The number of nitrogens with zero attached hydrogens (tertiary/aromatic N) is 5. The van der Waals surface area contributed by atoms with Crippen molar-refractivity contribution in [3.8, 4) is 0 Å². The number of nitro groups is 1. The van der Waals surface area contributed by atoms with Crippen molar-refractivity contribution in [2.45, 2.75) is 6.54 Å². The van der Waals surface area contributed by atoms with Crippen molar-refractivity contribution >= 4 is 23.1 Å². The minimum absolute atomic E-state index is 0.0657. The molecule has 3 rings (SSSR count). The van der Waals surface area contributed by atoms with E-state index in [9.17, 15) is 10.1 Å². The van der Waals surface area contributed by atoms with E-state index in [2.05, 4.69) is 20.4 Å². The van der Waals surface area contributed by atoms with Gasteiger partial charge in [-0.15, -0.1) is 0 Å². The zero-order valence-corrected chi connectivity index (χ0v) is 13.1. The molecule has 0 aliphatic rings. The molecule has 0 bridgehead atoms. The molecule has 0 aliphatic heterocycles. The van der Waals surface area contributed by atoms with E-state index >= 15 is 0 Å². The maximum absolute atomic E-state index is 11.6. The lowest BCUT2D eigenvalue weighted by Gasteiger charge is -2.22. The summed E-state index contributed by atoms with van der Waals surface area (Å²) in [5.41, 5.74) is 2.88. The van der Waals surface area contributed by atoms with Gasteiger partial charge in [-0.2, -0.15) is 0 Å². The summed E-state index contributed by atoms with van der Waals surface area (Å²) in [5, 5.41) is 11.6. The summed E-state index contributed by atoms with van der Waals surface area (Å²) in [6.07, 6.45) is 2.83. The molecule has 0 fully saturated rings. The van der Waals surface area contributed by atoms with Crippen molar-refractivity contribution in [1.29, 1.82) is 0 Å². The molecule has 9 nitrogen and oxygen atoms in total. The zero-order valence-electron chi connectivity index (χ0n) is 13.1. The summed E-state index contributed by atoms with van der Waals surface area (Å²) >= 11 is 0. The molecule has 1 aromatic carbocycles. The third-order valence-corrected chi connectivity index (χ3v) is 3.49. The molecule has 0 saturated heterocycles. The quantitative estimate of drug-likeness (QED) is 0.399. The van der Waals surface area contributed by atoms with Gasteiger partial charge in [-0.25, -0.2) is 20.8 Å². The second kappa shape index (κ2) is 7.32. The van der Waals surface area contributed by atoms with Crippen LogP contribution in [-0.2, 0) is 6.54 Å². The Morgan fingerprint density at radius 2 is 1.84 bits per heavy atom. The first kappa shape index (κ1) is 16.3. The maximum atomic E-state index is 11.6. The predicted molar refractivity (Wildman–Crippen MR) is 93.0 cm³/mol. The number of aromatic nitrogens is 3. The van der Waals surface area contributed by atoms with Crippen molar-refractivity contribution in [3.63, 3.8) is 0 Å². The Hall–Kier alpha value is -3.59. The fourth-order valence-electron chi connectivity index (χ4n) is 2.38. The van der Waals surface area contributed by atoms with Crippen LogP contribution in [0, 0.1) is 10.1 Å². The van der Waals surface area contributed by atoms with E-state index in [0.29, 0.717) is 12.4 Å². The van der Waals surface area contributed by atoms with Gasteiger partial charge in [-0.05, 0) is 17.7 Å². The number of nitrogens with one attached hydrogen (secondary N) is 1. The van der Waals surface area contributed by atoms with Crippen molar-refractivity contribution in [3.05, 3.63) is 76.7 Å². The van der Waals surface area contributed by atoms with E-state index in [1.807, 2.05) is 30.3 Å². The Morgan fingerprint density at radius 1 is 1.08 bits per heavy atom. The number of hydrogen-bond acceptors (Lipinski definition) is 8. The fraction of sp³-hybridized carbons (Fsp3) is 0.0625. The van der Waals surface area contributed by atoms with Crippen LogP contribution >= 0.6 is 0 Å². The van der Waals surface area contributed by atoms with Gasteiger partial charge in [0.25, 0.3) is 0 Å². The molecule has 0 aliphatic carbocycles. The van der Waals surface area contributed by atoms with Crippen LogP contribution in [0.1, 0.15) is 5.56 Å². The highest BCUT2D eigenvalue weighted by molar-refractivity contribution is 5.74. The van der Waals surface area contributed by atoms with Gasteiger partial charge in [0.05, 0.1) is 11.5 Å². The lowest BCUT2D eigenvalue weighted by Crippen LogP contribution is -2.22. The molecule has 2 heterocycles. The molecule has 3 N–H and O–H groups in total. The smallest absolute Gasteiger partial charge is 0.303 e. The topological polar surface area (TPSA) is 123 Å². The minimum Gasteiger partial charge on any atom is -0.303 e. The summed E-state index contributed by atoms with van der Waals surface area (Å²) in [6.45, 7) is 0.347. The van der Waals surface area contributed by atoms with Crippen LogP contribution in [0.2, 0.25) is 0 Å². The maximum Gasteiger partial charge on any atom is 0.355 e. The van der Waals surface area contributed by atoms with Crippen LogP contribution in [0.4, 0.5) is 23.1 Å². The van der Waals surface area contributed by atoms with Crippen molar-refractivity contribution in [1.82, 2.24) is 15.0 Å². The number of hydrazine groups is 1. The molecule has 2 aromatic heterocycles. The van der Waals surface area contributed by atoms with Gasteiger partial charge < -0.3 is 10.3 Å². The SMILES string of the molecule is NNc1ncnc(N(Cc2ccccc2)c2ccccn2)c1[N+](=O)[O-]. The van der Waals surface area contributed by atoms with Gasteiger partial charge in [0.15, 0.2) is 0 Å². The lowest BCUT2D eigenvalue weighted by molar-refractivity contribution is -0.383. The zero-order chi connectivity index (χ0) is 17.6.